The van der Waals surface area contributed by atoms with Crippen molar-refractivity contribution < 1.29 is 9.90 Å². The Hall–Kier alpha value is -2.65. The fraction of sp³-hybridized carbons (Fsp3) is 0.111. The summed E-state index contributed by atoms with van der Waals surface area (Å²) in [6.45, 7) is 1.68. The lowest BCUT2D eigenvalue weighted by atomic mass is 10.2. The molecule has 3 aromatic rings. The third-order valence-electron chi connectivity index (χ3n) is 3.62. The van der Waals surface area contributed by atoms with Crippen LogP contribution in [-0.2, 0) is 4.79 Å². The lowest BCUT2D eigenvalue weighted by Crippen LogP contribution is -2.27. The Labute approximate surface area is 167 Å². The summed E-state index contributed by atoms with van der Waals surface area (Å²) in [6, 6.07) is 11.9. The molecule has 0 saturated carbocycles. The van der Waals surface area contributed by atoms with Gasteiger partial charge in [0.1, 0.15) is 5.75 Å². The molecule has 0 aliphatic carbocycles. The number of amides is 1. The molecule has 0 bridgehead atoms. The first-order valence-corrected chi connectivity index (χ1v) is 9.58. The standard InChI is InChI=1S/C18H15BrN4O3S/c1-10(16(25)23-20-9-11-8-12(19)6-7-15(11)24)27-18-21-14-5-3-2-4-13(14)17(26)22-18/h2-10,24H,1H3,(H,23,25)(H,21,22,26)/b20-9-/t10-/m1/s1. The van der Waals surface area contributed by atoms with Crippen molar-refractivity contribution in [3.63, 3.8) is 0 Å². The van der Waals surface area contributed by atoms with E-state index in [1.807, 2.05) is 0 Å². The van der Waals surface area contributed by atoms with Gasteiger partial charge in [-0.3, -0.25) is 9.59 Å². The maximum Gasteiger partial charge on any atom is 0.259 e. The van der Waals surface area contributed by atoms with Crippen molar-refractivity contribution in [2.75, 3.05) is 0 Å². The summed E-state index contributed by atoms with van der Waals surface area (Å²) in [5.74, 6) is -0.307. The van der Waals surface area contributed by atoms with Crippen LogP contribution < -0.4 is 11.0 Å². The molecule has 27 heavy (non-hydrogen) atoms. The Kier molecular flexibility index (Phi) is 5.92. The van der Waals surface area contributed by atoms with Crippen LogP contribution in [0.4, 0.5) is 0 Å². The van der Waals surface area contributed by atoms with Crippen molar-refractivity contribution >= 4 is 50.7 Å². The molecule has 9 heteroatoms. The van der Waals surface area contributed by atoms with E-state index in [9.17, 15) is 14.7 Å². The van der Waals surface area contributed by atoms with Crippen LogP contribution in [0.25, 0.3) is 10.9 Å². The minimum atomic E-state index is -0.539. The fourth-order valence-corrected chi connectivity index (χ4v) is 3.40. The summed E-state index contributed by atoms with van der Waals surface area (Å²) in [5, 5.41) is 13.9. The van der Waals surface area contributed by atoms with Crippen molar-refractivity contribution in [3.05, 3.63) is 62.9 Å². The molecule has 0 saturated heterocycles. The SMILES string of the molecule is C[C@@H](Sc1nc2ccccc2c(=O)[nH]1)C(=O)N/N=C\c1cc(Br)ccc1O. The number of aromatic nitrogens is 2. The zero-order valence-corrected chi connectivity index (χ0v) is 16.5. The van der Waals surface area contributed by atoms with Crippen LogP contribution in [0.1, 0.15) is 12.5 Å². The van der Waals surface area contributed by atoms with E-state index in [0.29, 0.717) is 21.6 Å². The molecule has 0 aliphatic heterocycles. The Balaban J connectivity index is 1.66. The molecule has 1 amide bonds. The summed E-state index contributed by atoms with van der Waals surface area (Å²) < 4.78 is 0.781. The van der Waals surface area contributed by atoms with Gasteiger partial charge in [0.15, 0.2) is 5.16 Å². The molecule has 2 aromatic carbocycles. The zero-order chi connectivity index (χ0) is 19.4. The number of phenolic OH excluding ortho intramolecular Hbond substituents is 1. The molecule has 138 valence electrons. The van der Waals surface area contributed by atoms with Gasteiger partial charge < -0.3 is 10.1 Å². The zero-order valence-electron chi connectivity index (χ0n) is 14.1. The first-order chi connectivity index (χ1) is 12.9. The summed E-state index contributed by atoms with van der Waals surface area (Å²) in [6.07, 6.45) is 1.35. The average Bonchev–Trinajstić information content (AvgIpc) is 2.64. The first-order valence-electron chi connectivity index (χ1n) is 7.91. The van der Waals surface area contributed by atoms with Gasteiger partial charge in [0.05, 0.1) is 22.4 Å². The number of para-hydroxylation sites is 1. The molecular formula is C18H15BrN4O3S. The number of thioether (sulfide) groups is 1. The van der Waals surface area contributed by atoms with Gasteiger partial charge in [-0.1, -0.05) is 39.8 Å². The second-order valence-corrected chi connectivity index (χ2v) is 7.83. The van der Waals surface area contributed by atoms with E-state index >= 15 is 0 Å². The van der Waals surface area contributed by atoms with Gasteiger partial charge in [-0.15, -0.1) is 0 Å². The summed E-state index contributed by atoms with van der Waals surface area (Å²) in [7, 11) is 0. The number of hydrogen-bond acceptors (Lipinski definition) is 6. The highest BCUT2D eigenvalue weighted by Crippen LogP contribution is 2.21. The van der Waals surface area contributed by atoms with Gasteiger partial charge in [0.2, 0.25) is 0 Å². The summed E-state index contributed by atoms with van der Waals surface area (Å²) >= 11 is 4.42. The van der Waals surface area contributed by atoms with Crippen molar-refractivity contribution in [1.82, 2.24) is 15.4 Å². The van der Waals surface area contributed by atoms with Gasteiger partial charge in [-0.2, -0.15) is 5.10 Å². The molecule has 7 nitrogen and oxygen atoms in total. The molecule has 1 heterocycles. The van der Waals surface area contributed by atoms with E-state index in [0.717, 1.165) is 16.2 Å². The van der Waals surface area contributed by atoms with Crippen molar-refractivity contribution in [1.29, 1.82) is 0 Å². The number of aromatic amines is 1. The van der Waals surface area contributed by atoms with E-state index < -0.39 is 5.25 Å². The molecule has 0 radical (unpaired) electrons. The van der Waals surface area contributed by atoms with Crippen LogP contribution in [-0.4, -0.2) is 32.4 Å². The predicted octanol–water partition coefficient (Wildman–Crippen LogP) is 3.02. The quantitative estimate of drug-likeness (QED) is 0.241. The number of nitrogens with one attached hydrogen (secondary N) is 2. The number of aromatic hydroxyl groups is 1. The van der Waals surface area contributed by atoms with Gasteiger partial charge in [-0.25, -0.2) is 10.4 Å². The highest BCUT2D eigenvalue weighted by molar-refractivity contribution is 9.10. The third-order valence-corrected chi connectivity index (χ3v) is 5.09. The van der Waals surface area contributed by atoms with Crippen molar-refractivity contribution in [2.24, 2.45) is 5.10 Å². The van der Waals surface area contributed by atoms with Crippen molar-refractivity contribution in [2.45, 2.75) is 17.3 Å². The number of nitrogens with zero attached hydrogens (tertiary/aromatic N) is 2. The minimum absolute atomic E-state index is 0.0524. The van der Waals surface area contributed by atoms with Crippen LogP contribution >= 0.6 is 27.7 Å². The van der Waals surface area contributed by atoms with Crippen LogP contribution in [0.5, 0.6) is 5.75 Å². The maximum absolute atomic E-state index is 12.2. The molecule has 1 aromatic heterocycles. The van der Waals surface area contributed by atoms with Gasteiger partial charge in [0.25, 0.3) is 11.5 Å². The molecule has 0 aliphatic rings. The van der Waals surface area contributed by atoms with Crippen LogP contribution in [0.3, 0.4) is 0 Å². The molecule has 3 N–H and O–H groups in total. The van der Waals surface area contributed by atoms with Gasteiger partial charge in [-0.05, 0) is 37.3 Å². The number of phenols is 1. The molecule has 0 unspecified atom stereocenters. The monoisotopic (exact) mass is 446 g/mol. The van der Waals surface area contributed by atoms with E-state index in [1.165, 1.54) is 12.3 Å². The Morgan fingerprint density at radius 3 is 2.96 bits per heavy atom. The Morgan fingerprint density at radius 2 is 2.15 bits per heavy atom. The normalized spacial score (nSPS) is 12.4. The number of carbonyl (C=O) groups is 1. The number of hydrazone groups is 1. The maximum atomic E-state index is 12.2. The lowest BCUT2D eigenvalue weighted by molar-refractivity contribution is -0.120. The highest BCUT2D eigenvalue weighted by Gasteiger charge is 2.16. The number of H-pyrrole nitrogens is 1. The van der Waals surface area contributed by atoms with Crippen LogP contribution in [0, 0.1) is 0 Å². The smallest absolute Gasteiger partial charge is 0.259 e. The number of fused-ring (bicyclic) bond motifs is 1. The lowest BCUT2D eigenvalue weighted by Gasteiger charge is -2.09. The number of halogens is 1. The van der Waals surface area contributed by atoms with E-state index in [1.54, 1.807) is 43.3 Å². The van der Waals surface area contributed by atoms with E-state index in [2.05, 4.69) is 36.4 Å². The second-order valence-electron chi connectivity index (χ2n) is 5.59. The topological polar surface area (TPSA) is 107 Å². The molecule has 1 atom stereocenters. The minimum Gasteiger partial charge on any atom is -0.507 e. The number of rotatable bonds is 5. The Bertz CT molecular complexity index is 1080. The molecule has 0 fully saturated rings. The van der Waals surface area contributed by atoms with E-state index in [-0.39, 0.29) is 17.2 Å². The number of carbonyl (C=O) groups excluding carboxylic acids is 1. The van der Waals surface area contributed by atoms with Crippen LogP contribution in [0.15, 0.2) is 62.0 Å². The Morgan fingerprint density at radius 1 is 1.37 bits per heavy atom. The summed E-state index contributed by atoms with van der Waals surface area (Å²) in [5.41, 5.74) is 3.19. The number of hydrogen-bond donors (Lipinski definition) is 3. The molecule has 3 rings (SSSR count). The van der Waals surface area contributed by atoms with Gasteiger partial charge >= 0.3 is 0 Å². The fourth-order valence-electron chi connectivity index (χ4n) is 2.23. The summed E-state index contributed by atoms with van der Waals surface area (Å²) in [4.78, 5) is 31.3. The second kappa shape index (κ2) is 8.36. The first kappa shape index (κ1) is 19.1. The van der Waals surface area contributed by atoms with E-state index in [4.69, 9.17) is 0 Å². The predicted molar refractivity (Wildman–Crippen MR) is 109 cm³/mol. The van der Waals surface area contributed by atoms with Crippen LogP contribution in [0.2, 0.25) is 0 Å². The molecule has 0 spiro atoms. The third kappa shape index (κ3) is 4.75. The van der Waals surface area contributed by atoms with Crippen molar-refractivity contribution in [3.8, 4) is 5.75 Å². The average molecular weight is 447 g/mol. The number of benzene rings is 2. The van der Waals surface area contributed by atoms with Gasteiger partial charge in [0, 0.05) is 10.0 Å². The largest absolute Gasteiger partial charge is 0.507 e. The highest BCUT2D eigenvalue weighted by atomic mass is 79.9. The molecular weight excluding hydrogens is 432 g/mol.